The van der Waals surface area contributed by atoms with Gasteiger partial charge in [-0.2, -0.15) is 0 Å². The predicted octanol–water partition coefficient (Wildman–Crippen LogP) is 1.78. The van der Waals surface area contributed by atoms with E-state index in [0.717, 1.165) is 16.5 Å². The Morgan fingerprint density at radius 3 is 3.15 bits per heavy atom. The number of fused-ring (bicyclic) bond motifs is 1. The number of aliphatic imine (C=N–C) groups is 1. The molecule has 1 unspecified atom stereocenters. The summed E-state index contributed by atoms with van der Waals surface area (Å²) >= 11 is 3.43. The van der Waals surface area contributed by atoms with Crippen LogP contribution in [0, 0.1) is 0 Å². The third-order valence-corrected chi connectivity index (χ3v) is 2.69. The maximum Gasteiger partial charge on any atom is 0.0770 e. The van der Waals surface area contributed by atoms with Crippen LogP contribution in [0.5, 0.6) is 0 Å². The average molecular weight is 240 g/mol. The van der Waals surface area contributed by atoms with Gasteiger partial charge in [0.1, 0.15) is 0 Å². The quantitative estimate of drug-likeness (QED) is 0.797. The minimum absolute atomic E-state index is 0.0433. The number of hydrogen-bond acceptors (Lipinski definition) is 2. The topological polar surface area (TPSA) is 32.6 Å². The van der Waals surface area contributed by atoms with Gasteiger partial charge in [-0.05, 0) is 29.7 Å². The number of nitrogens with zero attached hydrogens (tertiary/aromatic N) is 1. The minimum Gasteiger partial charge on any atom is -0.394 e. The number of rotatable bonds is 1. The van der Waals surface area contributed by atoms with Gasteiger partial charge in [-0.3, -0.25) is 4.99 Å². The monoisotopic (exact) mass is 239 g/mol. The van der Waals surface area contributed by atoms with E-state index in [-0.39, 0.29) is 12.6 Å². The Kier molecular flexibility index (Phi) is 2.47. The van der Waals surface area contributed by atoms with Crippen LogP contribution in [-0.2, 0) is 6.42 Å². The Balaban J connectivity index is 2.36. The predicted molar refractivity (Wildman–Crippen MR) is 56.3 cm³/mol. The lowest BCUT2D eigenvalue weighted by Gasteiger charge is -2.16. The number of aliphatic hydroxyl groups is 1. The number of halogens is 1. The molecule has 13 heavy (non-hydrogen) atoms. The normalized spacial score (nSPS) is 20.0. The third kappa shape index (κ3) is 1.81. The second-order valence-electron chi connectivity index (χ2n) is 3.16. The van der Waals surface area contributed by atoms with Gasteiger partial charge in [0, 0.05) is 10.7 Å². The van der Waals surface area contributed by atoms with Gasteiger partial charge in [-0.1, -0.05) is 22.0 Å². The first-order chi connectivity index (χ1) is 6.29. The van der Waals surface area contributed by atoms with Crippen molar-refractivity contribution >= 4 is 22.1 Å². The van der Waals surface area contributed by atoms with Crippen LogP contribution in [0.15, 0.2) is 27.7 Å². The molecule has 0 saturated carbocycles. The van der Waals surface area contributed by atoms with Crippen LogP contribution in [0.25, 0.3) is 0 Å². The molecule has 1 aromatic rings. The highest BCUT2D eigenvalue weighted by Gasteiger charge is 2.13. The molecule has 2 rings (SSSR count). The van der Waals surface area contributed by atoms with E-state index < -0.39 is 0 Å². The van der Waals surface area contributed by atoms with Gasteiger partial charge in [0.15, 0.2) is 0 Å². The maximum absolute atomic E-state index is 8.96. The molecule has 1 aromatic carbocycles. The van der Waals surface area contributed by atoms with Gasteiger partial charge >= 0.3 is 0 Å². The van der Waals surface area contributed by atoms with Crippen molar-refractivity contribution in [3.63, 3.8) is 0 Å². The number of benzene rings is 1. The summed E-state index contributed by atoms with van der Waals surface area (Å²) in [4.78, 5) is 4.23. The van der Waals surface area contributed by atoms with E-state index in [1.807, 2.05) is 18.3 Å². The average Bonchev–Trinajstić information content (AvgIpc) is 2.16. The Labute approximate surface area is 85.4 Å². The highest BCUT2D eigenvalue weighted by Crippen LogP contribution is 2.20. The zero-order valence-corrected chi connectivity index (χ0v) is 8.66. The van der Waals surface area contributed by atoms with Crippen LogP contribution in [0.3, 0.4) is 0 Å². The molecule has 1 heterocycles. The maximum atomic E-state index is 8.96. The minimum atomic E-state index is 0.0433. The fourth-order valence-corrected chi connectivity index (χ4v) is 1.89. The summed E-state index contributed by atoms with van der Waals surface area (Å²) in [5, 5.41) is 8.96. The molecular weight excluding hydrogens is 230 g/mol. The Morgan fingerprint density at radius 1 is 1.54 bits per heavy atom. The van der Waals surface area contributed by atoms with Crippen molar-refractivity contribution in [2.75, 3.05) is 6.61 Å². The van der Waals surface area contributed by atoms with Crippen molar-refractivity contribution < 1.29 is 5.11 Å². The molecular formula is C10H10BrNO. The zero-order valence-electron chi connectivity index (χ0n) is 7.07. The van der Waals surface area contributed by atoms with Crippen LogP contribution < -0.4 is 0 Å². The van der Waals surface area contributed by atoms with Gasteiger partial charge in [0.2, 0.25) is 0 Å². The highest BCUT2D eigenvalue weighted by molar-refractivity contribution is 9.10. The van der Waals surface area contributed by atoms with E-state index in [1.54, 1.807) is 0 Å². The van der Waals surface area contributed by atoms with Crippen molar-refractivity contribution in [3.8, 4) is 0 Å². The molecule has 1 aliphatic heterocycles. The zero-order chi connectivity index (χ0) is 9.26. The smallest absolute Gasteiger partial charge is 0.0770 e. The summed E-state index contributed by atoms with van der Waals surface area (Å²) in [5.74, 6) is 0. The molecule has 68 valence electrons. The molecule has 0 aliphatic carbocycles. The van der Waals surface area contributed by atoms with E-state index in [0.29, 0.717) is 0 Å². The number of hydrogen-bond donors (Lipinski definition) is 1. The van der Waals surface area contributed by atoms with Crippen molar-refractivity contribution in [1.82, 2.24) is 0 Å². The van der Waals surface area contributed by atoms with Crippen LogP contribution in [-0.4, -0.2) is 24.0 Å². The molecule has 0 bridgehead atoms. The van der Waals surface area contributed by atoms with E-state index >= 15 is 0 Å². The van der Waals surface area contributed by atoms with Crippen molar-refractivity contribution in [1.29, 1.82) is 0 Å². The summed E-state index contributed by atoms with van der Waals surface area (Å²) in [5.41, 5.74) is 2.41. The largest absolute Gasteiger partial charge is 0.394 e. The van der Waals surface area contributed by atoms with E-state index in [4.69, 9.17) is 5.11 Å². The lowest BCUT2D eigenvalue weighted by molar-refractivity contribution is 0.265. The van der Waals surface area contributed by atoms with Crippen LogP contribution in [0.1, 0.15) is 11.1 Å². The van der Waals surface area contributed by atoms with Crippen LogP contribution in [0.4, 0.5) is 0 Å². The molecule has 1 N–H and O–H groups in total. The van der Waals surface area contributed by atoms with Gasteiger partial charge in [-0.25, -0.2) is 0 Å². The Morgan fingerprint density at radius 2 is 2.38 bits per heavy atom. The van der Waals surface area contributed by atoms with Gasteiger partial charge in [0.05, 0.1) is 12.6 Å². The molecule has 0 saturated heterocycles. The highest BCUT2D eigenvalue weighted by atomic mass is 79.9. The van der Waals surface area contributed by atoms with Gasteiger partial charge in [0.25, 0.3) is 0 Å². The molecule has 3 heteroatoms. The molecule has 1 aliphatic rings. The first kappa shape index (κ1) is 8.91. The summed E-state index contributed by atoms with van der Waals surface area (Å²) < 4.78 is 1.08. The fourth-order valence-electron chi connectivity index (χ4n) is 1.48. The molecule has 0 aromatic heterocycles. The fraction of sp³-hybridized carbons (Fsp3) is 0.300. The first-order valence-electron chi connectivity index (χ1n) is 4.22. The molecule has 0 spiro atoms. The standard InChI is InChI=1S/C10H10BrNO/c11-9-2-1-7-5-12-10(6-13)4-8(7)3-9/h1-3,5,10,13H,4,6H2. The lowest BCUT2D eigenvalue weighted by Crippen LogP contribution is -2.18. The van der Waals surface area contributed by atoms with Crippen LogP contribution >= 0.6 is 15.9 Å². The summed E-state index contributed by atoms with van der Waals surface area (Å²) in [6, 6.07) is 6.17. The molecule has 0 amide bonds. The molecule has 0 radical (unpaired) electrons. The summed E-state index contributed by atoms with van der Waals surface area (Å²) in [7, 11) is 0. The van der Waals surface area contributed by atoms with E-state index in [2.05, 4.69) is 27.0 Å². The SMILES string of the molecule is OCC1Cc2cc(Br)ccc2C=N1. The van der Waals surface area contributed by atoms with Gasteiger partial charge in [-0.15, -0.1) is 0 Å². The van der Waals surface area contributed by atoms with E-state index in [1.165, 1.54) is 5.56 Å². The van der Waals surface area contributed by atoms with E-state index in [9.17, 15) is 0 Å². The molecule has 1 atom stereocenters. The second kappa shape index (κ2) is 3.60. The van der Waals surface area contributed by atoms with Gasteiger partial charge < -0.3 is 5.11 Å². The lowest BCUT2D eigenvalue weighted by atomic mass is 9.99. The van der Waals surface area contributed by atoms with Crippen molar-refractivity contribution in [3.05, 3.63) is 33.8 Å². The summed E-state index contributed by atoms with van der Waals surface area (Å²) in [6.45, 7) is 0.127. The number of aliphatic hydroxyl groups excluding tert-OH is 1. The van der Waals surface area contributed by atoms with Crippen molar-refractivity contribution in [2.45, 2.75) is 12.5 Å². The second-order valence-corrected chi connectivity index (χ2v) is 4.08. The summed E-state index contributed by atoms with van der Waals surface area (Å²) in [6.07, 6.45) is 2.67. The Hall–Kier alpha value is -0.670. The molecule has 0 fully saturated rings. The molecule has 2 nitrogen and oxygen atoms in total. The van der Waals surface area contributed by atoms with Crippen molar-refractivity contribution in [2.24, 2.45) is 4.99 Å². The van der Waals surface area contributed by atoms with Crippen LogP contribution in [0.2, 0.25) is 0 Å². The Bertz CT molecular complexity index is 349. The first-order valence-corrected chi connectivity index (χ1v) is 5.01. The third-order valence-electron chi connectivity index (χ3n) is 2.20.